The molecule has 0 aliphatic heterocycles. The Bertz CT molecular complexity index is 288. The highest BCUT2D eigenvalue weighted by atomic mass is 19.4. The third-order valence-corrected chi connectivity index (χ3v) is 2.03. The predicted molar refractivity (Wildman–Crippen MR) is 45.4 cm³/mol. The minimum absolute atomic E-state index is 0.152. The average Bonchev–Trinajstić information content (AvgIpc) is 2.22. The lowest BCUT2D eigenvalue weighted by Gasteiger charge is -2.33. The van der Waals surface area contributed by atoms with E-state index in [1.807, 2.05) is 0 Å². The maximum absolute atomic E-state index is 12.8. The molecule has 0 saturated heterocycles. The molecule has 0 spiro atoms. The first-order valence-corrected chi connectivity index (χ1v) is 4.79. The van der Waals surface area contributed by atoms with E-state index in [0.29, 0.717) is 0 Å². The van der Waals surface area contributed by atoms with Crippen LogP contribution >= 0.6 is 0 Å². The SMILES string of the molecule is NCCOCCC(F)(F)C(F)(F)C(F)(F)C(F)(F)F. The van der Waals surface area contributed by atoms with E-state index < -0.39 is 37.0 Å². The van der Waals surface area contributed by atoms with Crippen LogP contribution in [0.3, 0.4) is 0 Å². The second-order valence-corrected chi connectivity index (χ2v) is 3.50. The number of hydrogen-bond acceptors (Lipinski definition) is 2. The number of halogens is 9. The van der Waals surface area contributed by atoms with Crippen LogP contribution in [0.4, 0.5) is 39.5 Å². The van der Waals surface area contributed by atoms with Crippen molar-refractivity contribution < 1.29 is 44.3 Å². The molecule has 0 heterocycles. The van der Waals surface area contributed by atoms with Gasteiger partial charge in [0.1, 0.15) is 0 Å². The van der Waals surface area contributed by atoms with Crippen molar-refractivity contribution in [2.45, 2.75) is 30.4 Å². The molecule has 19 heavy (non-hydrogen) atoms. The maximum Gasteiger partial charge on any atom is 0.460 e. The Morgan fingerprint density at radius 3 is 1.58 bits per heavy atom. The largest absolute Gasteiger partial charge is 0.460 e. The van der Waals surface area contributed by atoms with Crippen molar-refractivity contribution in [1.29, 1.82) is 0 Å². The lowest BCUT2D eigenvalue weighted by molar-refractivity contribution is -0.397. The Morgan fingerprint density at radius 2 is 1.21 bits per heavy atom. The number of nitrogens with two attached hydrogens (primary N) is 1. The van der Waals surface area contributed by atoms with Crippen molar-refractivity contribution in [2.75, 3.05) is 19.8 Å². The van der Waals surface area contributed by atoms with E-state index in [1.54, 1.807) is 0 Å². The van der Waals surface area contributed by atoms with Crippen molar-refractivity contribution in [3.05, 3.63) is 0 Å². The highest BCUT2D eigenvalue weighted by Crippen LogP contribution is 2.53. The molecule has 0 radical (unpaired) electrons. The van der Waals surface area contributed by atoms with E-state index in [0.717, 1.165) is 0 Å². The van der Waals surface area contributed by atoms with Crippen LogP contribution in [0.1, 0.15) is 6.42 Å². The van der Waals surface area contributed by atoms with Gasteiger partial charge >= 0.3 is 23.9 Å². The molecule has 0 amide bonds. The van der Waals surface area contributed by atoms with Crippen LogP contribution in [0, 0.1) is 0 Å². The zero-order valence-electron chi connectivity index (χ0n) is 9.22. The summed E-state index contributed by atoms with van der Waals surface area (Å²) in [6.45, 7) is -1.61. The van der Waals surface area contributed by atoms with Crippen LogP contribution in [0.25, 0.3) is 0 Å². The average molecular weight is 307 g/mol. The molecule has 0 aromatic rings. The van der Waals surface area contributed by atoms with E-state index in [1.165, 1.54) is 0 Å². The van der Waals surface area contributed by atoms with Crippen molar-refractivity contribution in [3.63, 3.8) is 0 Å². The van der Waals surface area contributed by atoms with Crippen LogP contribution < -0.4 is 5.73 Å². The lowest BCUT2D eigenvalue weighted by Crippen LogP contribution is -2.61. The highest BCUT2D eigenvalue weighted by molar-refractivity contribution is 5.00. The van der Waals surface area contributed by atoms with Crippen molar-refractivity contribution >= 4 is 0 Å². The Kier molecular flexibility index (Phi) is 5.52. The second kappa shape index (κ2) is 5.73. The highest BCUT2D eigenvalue weighted by Gasteiger charge is 2.81. The van der Waals surface area contributed by atoms with Crippen LogP contribution in [-0.4, -0.2) is 43.7 Å². The van der Waals surface area contributed by atoms with Gasteiger partial charge in [0.15, 0.2) is 0 Å². The molecule has 2 nitrogen and oxygen atoms in total. The molecule has 116 valence electrons. The molecule has 0 bridgehead atoms. The maximum atomic E-state index is 12.8. The summed E-state index contributed by atoms with van der Waals surface area (Å²) >= 11 is 0. The fourth-order valence-corrected chi connectivity index (χ4v) is 0.950. The predicted octanol–water partition coefficient (Wildman–Crippen LogP) is 2.82. The molecule has 0 aliphatic rings. The third kappa shape index (κ3) is 3.65. The van der Waals surface area contributed by atoms with E-state index in [4.69, 9.17) is 5.73 Å². The fraction of sp³-hybridized carbons (Fsp3) is 1.00. The molecule has 0 atom stereocenters. The molecule has 0 saturated carbocycles. The van der Waals surface area contributed by atoms with Gasteiger partial charge in [-0.3, -0.25) is 0 Å². The Labute approximate surface area is 101 Å². The third-order valence-electron chi connectivity index (χ3n) is 2.03. The van der Waals surface area contributed by atoms with Crippen LogP contribution in [0.2, 0.25) is 0 Å². The molecule has 0 fully saturated rings. The first kappa shape index (κ1) is 18.3. The van der Waals surface area contributed by atoms with Gasteiger partial charge in [0, 0.05) is 13.0 Å². The summed E-state index contributed by atoms with van der Waals surface area (Å²) in [5.41, 5.74) is 4.86. The van der Waals surface area contributed by atoms with E-state index in [-0.39, 0.29) is 13.2 Å². The van der Waals surface area contributed by atoms with Gasteiger partial charge in [-0.25, -0.2) is 0 Å². The van der Waals surface area contributed by atoms with Crippen molar-refractivity contribution in [3.8, 4) is 0 Å². The van der Waals surface area contributed by atoms with Gasteiger partial charge in [-0.1, -0.05) is 0 Å². The zero-order chi connectivity index (χ0) is 15.5. The lowest BCUT2D eigenvalue weighted by atomic mass is 10.0. The summed E-state index contributed by atoms with van der Waals surface area (Å²) in [7, 11) is 0. The van der Waals surface area contributed by atoms with Gasteiger partial charge < -0.3 is 10.5 Å². The summed E-state index contributed by atoms with van der Waals surface area (Å²) in [6, 6.07) is 0. The topological polar surface area (TPSA) is 35.2 Å². The van der Waals surface area contributed by atoms with Crippen LogP contribution in [-0.2, 0) is 4.74 Å². The molecule has 11 heteroatoms. The molecule has 0 aromatic heterocycles. The summed E-state index contributed by atoms with van der Waals surface area (Å²) in [5, 5.41) is 0. The smallest absolute Gasteiger partial charge is 0.380 e. The monoisotopic (exact) mass is 307 g/mol. The number of alkyl halides is 9. The summed E-state index contributed by atoms with van der Waals surface area (Å²) in [5.74, 6) is -19.0. The number of rotatable bonds is 7. The minimum Gasteiger partial charge on any atom is -0.380 e. The Morgan fingerprint density at radius 1 is 0.737 bits per heavy atom. The van der Waals surface area contributed by atoms with Gasteiger partial charge in [0.25, 0.3) is 0 Å². The van der Waals surface area contributed by atoms with E-state index in [9.17, 15) is 39.5 Å². The molecule has 0 rings (SSSR count). The molecule has 0 aromatic carbocycles. The first-order valence-electron chi connectivity index (χ1n) is 4.79. The Balaban J connectivity index is 4.96. The van der Waals surface area contributed by atoms with E-state index >= 15 is 0 Å². The second-order valence-electron chi connectivity index (χ2n) is 3.50. The van der Waals surface area contributed by atoms with E-state index in [2.05, 4.69) is 4.74 Å². The molecule has 2 N–H and O–H groups in total. The minimum atomic E-state index is -6.85. The van der Waals surface area contributed by atoms with Crippen LogP contribution in [0.15, 0.2) is 0 Å². The van der Waals surface area contributed by atoms with Crippen molar-refractivity contribution in [1.82, 2.24) is 0 Å². The number of ether oxygens (including phenoxy) is 1. The van der Waals surface area contributed by atoms with Gasteiger partial charge in [0.2, 0.25) is 0 Å². The van der Waals surface area contributed by atoms with Gasteiger partial charge in [-0.05, 0) is 0 Å². The normalized spacial score (nSPS) is 14.8. The molecule has 0 aliphatic carbocycles. The molecular weight excluding hydrogens is 297 g/mol. The Hall–Kier alpha value is -0.710. The number of hydrogen-bond donors (Lipinski definition) is 1. The van der Waals surface area contributed by atoms with Crippen molar-refractivity contribution in [2.24, 2.45) is 5.73 Å². The van der Waals surface area contributed by atoms with Gasteiger partial charge in [0.05, 0.1) is 13.2 Å². The summed E-state index contributed by atoms with van der Waals surface area (Å²) < 4.78 is 115. The molecular formula is C8H10F9NO. The first-order chi connectivity index (χ1) is 8.31. The van der Waals surface area contributed by atoms with Gasteiger partial charge in [-0.2, -0.15) is 39.5 Å². The standard InChI is InChI=1S/C8H10F9NO/c9-5(10,1-3-19-4-2-18)6(11,12)7(13,14)8(15,16)17/h1-4,18H2. The van der Waals surface area contributed by atoms with Crippen LogP contribution in [0.5, 0.6) is 0 Å². The molecule has 0 unspecified atom stereocenters. The van der Waals surface area contributed by atoms with Gasteiger partial charge in [-0.15, -0.1) is 0 Å². The zero-order valence-corrected chi connectivity index (χ0v) is 9.22. The quantitative estimate of drug-likeness (QED) is 0.580. The fourth-order valence-electron chi connectivity index (χ4n) is 0.950. The summed E-state index contributed by atoms with van der Waals surface area (Å²) in [4.78, 5) is 0. The summed E-state index contributed by atoms with van der Waals surface area (Å²) in [6.07, 6.45) is -8.79.